The van der Waals surface area contributed by atoms with Crippen LogP contribution in [0.2, 0.25) is 0 Å². The molecule has 0 aliphatic rings. The van der Waals surface area contributed by atoms with Crippen LogP contribution in [0.25, 0.3) is 0 Å². The lowest BCUT2D eigenvalue weighted by atomic mass is 10.0. The van der Waals surface area contributed by atoms with Crippen LogP contribution in [0.3, 0.4) is 0 Å². The maximum absolute atomic E-state index is 13.2. The third kappa shape index (κ3) is 3.70. The monoisotopic (exact) mass is 273 g/mol. The van der Waals surface area contributed by atoms with E-state index in [9.17, 15) is 24.2 Å². The minimum absolute atomic E-state index is 0.0875. The lowest BCUT2D eigenvalue weighted by Gasteiger charge is -2.16. The summed E-state index contributed by atoms with van der Waals surface area (Å²) in [6, 6.07) is 0.948. The van der Waals surface area contributed by atoms with Gasteiger partial charge in [0, 0.05) is 11.8 Å². The van der Waals surface area contributed by atoms with Crippen molar-refractivity contribution in [3.05, 3.63) is 29.3 Å². The smallest absolute Gasteiger partial charge is 0.342 e. The number of halogens is 1. The fourth-order valence-corrected chi connectivity index (χ4v) is 1.39. The van der Waals surface area contributed by atoms with Crippen molar-refractivity contribution in [1.82, 2.24) is 4.98 Å². The van der Waals surface area contributed by atoms with E-state index in [1.807, 2.05) is 0 Å². The number of hydrogen-bond donors (Lipinski definition) is 3. The molecule has 104 valence electrons. The molecular weight excluding hydrogens is 261 g/mol. The lowest BCUT2D eigenvalue weighted by Crippen LogP contribution is -2.22. The van der Waals surface area contributed by atoms with Crippen molar-refractivity contribution < 1.29 is 34.0 Å². The van der Waals surface area contributed by atoms with Crippen LogP contribution < -0.4 is 0 Å². The van der Waals surface area contributed by atoms with Crippen molar-refractivity contribution in [2.75, 3.05) is 7.11 Å². The Morgan fingerprint density at radius 2 is 2.11 bits per heavy atom. The molecule has 1 aromatic heterocycles. The zero-order chi connectivity index (χ0) is 14.6. The number of esters is 1. The number of aliphatic hydroxyl groups excluding tert-OH is 2. The van der Waals surface area contributed by atoms with Gasteiger partial charge < -0.3 is 20.1 Å². The van der Waals surface area contributed by atoms with E-state index in [1.165, 1.54) is 0 Å². The molecule has 1 heterocycles. The summed E-state index contributed by atoms with van der Waals surface area (Å²) in [5.74, 6) is -3.39. The molecule has 0 radical (unpaired) electrons. The van der Waals surface area contributed by atoms with Gasteiger partial charge in [-0.05, 0) is 6.07 Å². The third-order valence-corrected chi connectivity index (χ3v) is 2.36. The number of methoxy groups -OCH3 is 1. The topological polar surface area (TPSA) is 117 Å². The van der Waals surface area contributed by atoms with Crippen LogP contribution in [-0.2, 0) is 9.53 Å². The summed E-state index contributed by atoms with van der Waals surface area (Å²) in [4.78, 5) is 24.9. The Labute approximate surface area is 107 Å². The molecule has 0 aliphatic carbocycles. The van der Waals surface area contributed by atoms with Crippen molar-refractivity contribution in [3.8, 4) is 0 Å². The van der Waals surface area contributed by atoms with Crippen LogP contribution in [-0.4, -0.2) is 45.5 Å². The van der Waals surface area contributed by atoms with E-state index in [0.29, 0.717) is 0 Å². The second-order valence-electron chi connectivity index (χ2n) is 3.71. The zero-order valence-corrected chi connectivity index (χ0v) is 9.91. The highest BCUT2D eigenvalue weighted by atomic mass is 19.1. The van der Waals surface area contributed by atoms with Crippen molar-refractivity contribution in [2.24, 2.45) is 0 Å². The Morgan fingerprint density at radius 1 is 1.47 bits per heavy atom. The summed E-state index contributed by atoms with van der Waals surface area (Å²) in [7, 11) is 1.05. The summed E-state index contributed by atoms with van der Waals surface area (Å²) < 4.78 is 17.6. The minimum Gasteiger partial charge on any atom is -0.481 e. The highest BCUT2D eigenvalue weighted by molar-refractivity contribution is 5.89. The first-order valence-corrected chi connectivity index (χ1v) is 5.18. The molecule has 19 heavy (non-hydrogen) atoms. The van der Waals surface area contributed by atoms with Gasteiger partial charge in [-0.1, -0.05) is 0 Å². The second kappa shape index (κ2) is 6.21. The second-order valence-corrected chi connectivity index (χ2v) is 3.71. The van der Waals surface area contributed by atoms with Crippen LogP contribution in [0.15, 0.2) is 12.3 Å². The molecule has 0 saturated heterocycles. The van der Waals surface area contributed by atoms with Gasteiger partial charge >= 0.3 is 11.9 Å². The molecule has 8 heteroatoms. The first kappa shape index (κ1) is 15.0. The average Bonchev–Trinajstić information content (AvgIpc) is 2.36. The molecule has 7 nitrogen and oxygen atoms in total. The molecule has 0 spiro atoms. The fourth-order valence-electron chi connectivity index (χ4n) is 1.39. The van der Waals surface area contributed by atoms with Gasteiger partial charge in [0.2, 0.25) is 5.95 Å². The SMILES string of the molecule is COC(=O)c1cc(C(O)C(O)CC(=O)O)cnc1F. The predicted molar refractivity (Wildman–Crippen MR) is 58.8 cm³/mol. The maximum atomic E-state index is 13.2. The summed E-state index contributed by atoms with van der Waals surface area (Å²) in [6.07, 6.45) is -3.01. The number of carbonyl (C=O) groups excluding carboxylic acids is 1. The molecule has 2 atom stereocenters. The van der Waals surface area contributed by atoms with E-state index in [4.69, 9.17) is 5.11 Å². The number of aliphatic carboxylic acids is 1. The number of hydrogen-bond acceptors (Lipinski definition) is 6. The summed E-state index contributed by atoms with van der Waals surface area (Å²) in [5, 5.41) is 27.6. The van der Waals surface area contributed by atoms with Crippen molar-refractivity contribution in [1.29, 1.82) is 0 Å². The van der Waals surface area contributed by atoms with E-state index in [2.05, 4.69) is 9.72 Å². The number of carboxylic acids is 1. The Kier molecular flexibility index (Phi) is 4.90. The van der Waals surface area contributed by atoms with Crippen LogP contribution in [0.4, 0.5) is 4.39 Å². The number of nitrogens with zero attached hydrogens (tertiary/aromatic N) is 1. The molecule has 0 fully saturated rings. The molecule has 3 N–H and O–H groups in total. The van der Waals surface area contributed by atoms with Gasteiger partial charge in [0.15, 0.2) is 0 Å². The standard InChI is InChI=1S/C11H12FNO6/c1-19-11(18)6-2-5(4-13-10(6)12)9(17)7(14)3-8(15)16/h2,4,7,9,14,17H,3H2,1H3,(H,15,16). The number of aromatic nitrogens is 1. The van der Waals surface area contributed by atoms with Crippen molar-refractivity contribution >= 4 is 11.9 Å². The van der Waals surface area contributed by atoms with Gasteiger partial charge in [0.05, 0.1) is 19.6 Å². The molecule has 0 bridgehead atoms. The predicted octanol–water partition coefficient (Wildman–Crippen LogP) is -0.124. The molecule has 0 saturated carbocycles. The largest absolute Gasteiger partial charge is 0.481 e. The summed E-state index contributed by atoms with van der Waals surface area (Å²) >= 11 is 0. The quantitative estimate of drug-likeness (QED) is 0.505. The number of rotatable bonds is 5. The van der Waals surface area contributed by atoms with Crippen LogP contribution in [0, 0.1) is 5.95 Å². The molecule has 1 rings (SSSR count). The van der Waals surface area contributed by atoms with E-state index in [-0.39, 0.29) is 5.56 Å². The molecule has 0 aromatic carbocycles. The highest BCUT2D eigenvalue weighted by Crippen LogP contribution is 2.20. The van der Waals surface area contributed by atoms with Crippen molar-refractivity contribution in [3.63, 3.8) is 0 Å². The van der Waals surface area contributed by atoms with Gasteiger partial charge in [-0.25, -0.2) is 9.78 Å². The fraction of sp³-hybridized carbons (Fsp3) is 0.364. The molecule has 2 unspecified atom stereocenters. The lowest BCUT2D eigenvalue weighted by molar-refractivity contribution is -0.141. The normalized spacial score (nSPS) is 13.7. The average molecular weight is 273 g/mol. The van der Waals surface area contributed by atoms with E-state index < -0.39 is 42.1 Å². The third-order valence-electron chi connectivity index (χ3n) is 2.36. The maximum Gasteiger partial charge on any atom is 0.342 e. The van der Waals surface area contributed by atoms with Crippen LogP contribution in [0.5, 0.6) is 0 Å². The van der Waals surface area contributed by atoms with Crippen molar-refractivity contribution in [2.45, 2.75) is 18.6 Å². The van der Waals surface area contributed by atoms with Gasteiger partial charge in [-0.2, -0.15) is 4.39 Å². The highest BCUT2D eigenvalue weighted by Gasteiger charge is 2.24. The number of pyridine rings is 1. The first-order chi connectivity index (χ1) is 8.86. The van der Waals surface area contributed by atoms with Crippen LogP contribution in [0.1, 0.15) is 28.4 Å². The van der Waals surface area contributed by atoms with Gasteiger partial charge in [-0.3, -0.25) is 4.79 Å². The Hall–Kier alpha value is -2.06. The summed E-state index contributed by atoms with van der Waals surface area (Å²) in [5.41, 5.74) is -0.600. The Morgan fingerprint density at radius 3 is 2.63 bits per heavy atom. The molecule has 1 aromatic rings. The zero-order valence-electron chi connectivity index (χ0n) is 9.91. The van der Waals surface area contributed by atoms with Crippen LogP contribution >= 0.6 is 0 Å². The van der Waals surface area contributed by atoms with E-state index in [1.54, 1.807) is 0 Å². The van der Waals surface area contributed by atoms with Gasteiger partial charge in [-0.15, -0.1) is 0 Å². The number of carboxylic acid groups (broad SMARTS) is 1. The first-order valence-electron chi connectivity index (χ1n) is 5.18. The molecule has 0 aliphatic heterocycles. The number of ether oxygens (including phenoxy) is 1. The Balaban J connectivity index is 3.01. The number of carbonyl (C=O) groups is 2. The molecule has 0 amide bonds. The number of aliphatic hydroxyl groups is 2. The van der Waals surface area contributed by atoms with Gasteiger partial charge in [0.1, 0.15) is 11.7 Å². The summed E-state index contributed by atoms with van der Waals surface area (Å²) in [6.45, 7) is 0. The van der Waals surface area contributed by atoms with Gasteiger partial charge in [0.25, 0.3) is 0 Å². The Bertz CT molecular complexity index is 492. The molecular formula is C11H12FNO6. The van der Waals surface area contributed by atoms with E-state index in [0.717, 1.165) is 19.4 Å². The minimum atomic E-state index is -1.60. The van der Waals surface area contributed by atoms with E-state index >= 15 is 0 Å².